The molecule has 0 unspecified atom stereocenters. The summed E-state index contributed by atoms with van der Waals surface area (Å²) in [6, 6.07) is 11.5. The quantitative estimate of drug-likeness (QED) is 0.786. The zero-order valence-electron chi connectivity index (χ0n) is 9.18. The second-order valence-corrected chi connectivity index (χ2v) is 4.11. The Bertz CT molecular complexity index is 587. The second-order valence-electron chi connectivity index (χ2n) is 4.11. The molecule has 0 fully saturated rings. The molecule has 1 aliphatic rings. The van der Waals surface area contributed by atoms with Gasteiger partial charge >= 0.3 is 5.97 Å². The van der Waals surface area contributed by atoms with Crippen LogP contribution in [0.1, 0.15) is 21.7 Å². The van der Waals surface area contributed by atoms with E-state index in [2.05, 4.69) is 5.32 Å². The van der Waals surface area contributed by atoms with E-state index in [0.717, 1.165) is 16.9 Å². The van der Waals surface area contributed by atoms with Crippen LogP contribution in [0.4, 0.5) is 5.69 Å². The van der Waals surface area contributed by atoms with Crippen LogP contribution in [-0.2, 0) is 13.1 Å². The molecule has 2 N–H and O–H groups in total. The van der Waals surface area contributed by atoms with Crippen LogP contribution in [0.3, 0.4) is 0 Å². The number of hydrogen-bond donors (Lipinski definition) is 2. The van der Waals surface area contributed by atoms with Gasteiger partial charge in [-0.3, -0.25) is 0 Å². The first-order chi connectivity index (χ1) is 8.25. The number of benzene rings is 1. The van der Waals surface area contributed by atoms with E-state index in [4.69, 9.17) is 5.11 Å². The fourth-order valence-electron chi connectivity index (χ4n) is 2.22. The van der Waals surface area contributed by atoms with Crippen molar-refractivity contribution in [3.63, 3.8) is 0 Å². The first kappa shape index (κ1) is 9.96. The molecule has 17 heavy (non-hydrogen) atoms. The van der Waals surface area contributed by atoms with Gasteiger partial charge < -0.3 is 15.0 Å². The molecular weight excluding hydrogens is 216 g/mol. The second kappa shape index (κ2) is 3.66. The van der Waals surface area contributed by atoms with Gasteiger partial charge in [-0.25, -0.2) is 4.79 Å². The number of carbonyl (C=O) groups is 1. The van der Waals surface area contributed by atoms with E-state index in [9.17, 15) is 4.79 Å². The van der Waals surface area contributed by atoms with Crippen molar-refractivity contribution in [2.24, 2.45) is 0 Å². The number of anilines is 1. The molecule has 2 aromatic rings. The van der Waals surface area contributed by atoms with Crippen molar-refractivity contribution in [3.8, 4) is 0 Å². The molecule has 2 heterocycles. The summed E-state index contributed by atoms with van der Waals surface area (Å²) in [4.78, 5) is 11.1. The number of nitrogens with zero attached hydrogens (tertiary/aromatic N) is 1. The number of rotatable bonds is 1. The fraction of sp³-hybridized carbons (Fsp3) is 0.154. The smallest absolute Gasteiger partial charge is 0.352 e. The van der Waals surface area contributed by atoms with Gasteiger partial charge in [0.2, 0.25) is 0 Å². The Morgan fingerprint density at radius 3 is 2.88 bits per heavy atom. The maximum absolute atomic E-state index is 11.1. The van der Waals surface area contributed by atoms with E-state index < -0.39 is 5.97 Å². The summed E-state index contributed by atoms with van der Waals surface area (Å²) in [5.74, 6) is -0.879. The highest BCUT2D eigenvalue weighted by molar-refractivity contribution is 5.86. The third-order valence-electron chi connectivity index (χ3n) is 3.10. The molecule has 0 atom stereocenters. The highest BCUT2D eigenvalue weighted by atomic mass is 16.4. The van der Waals surface area contributed by atoms with Gasteiger partial charge in [-0.05, 0) is 23.8 Å². The van der Waals surface area contributed by atoms with E-state index in [1.54, 1.807) is 6.07 Å². The Balaban J connectivity index is 2.11. The molecule has 0 saturated carbocycles. The van der Waals surface area contributed by atoms with Gasteiger partial charge in [0.25, 0.3) is 0 Å². The van der Waals surface area contributed by atoms with Crippen LogP contribution >= 0.6 is 0 Å². The Labute approximate surface area is 98.5 Å². The summed E-state index contributed by atoms with van der Waals surface area (Å²) in [6.07, 6.45) is 0. The molecule has 1 aliphatic heterocycles. The number of carboxylic acid groups (broad SMARTS) is 1. The van der Waals surface area contributed by atoms with Crippen LogP contribution in [0.25, 0.3) is 0 Å². The molecule has 0 aliphatic carbocycles. The van der Waals surface area contributed by atoms with Crippen LogP contribution in [-0.4, -0.2) is 15.6 Å². The van der Waals surface area contributed by atoms with E-state index in [-0.39, 0.29) is 0 Å². The fourth-order valence-corrected chi connectivity index (χ4v) is 2.22. The number of carboxylic acids is 1. The average molecular weight is 228 g/mol. The molecule has 0 saturated heterocycles. The summed E-state index contributed by atoms with van der Waals surface area (Å²) in [5, 5.41) is 12.4. The maximum Gasteiger partial charge on any atom is 0.352 e. The first-order valence-electron chi connectivity index (χ1n) is 5.49. The molecular formula is C13H12N2O2. The van der Waals surface area contributed by atoms with Gasteiger partial charge in [-0.1, -0.05) is 18.2 Å². The van der Waals surface area contributed by atoms with Crippen molar-refractivity contribution in [2.75, 3.05) is 5.32 Å². The highest BCUT2D eigenvalue weighted by Crippen LogP contribution is 2.23. The van der Waals surface area contributed by atoms with Crippen molar-refractivity contribution >= 4 is 11.7 Å². The van der Waals surface area contributed by atoms with Gasteiger partial charge in [0, 0.05) is 11.4 Å². The summed E-state index contributed by atoms with van der Waals surface area (Å²) >= 11 is 0. The third-order valence-corrected chi connectivity index (χ3v) is 3.10. The van der Waals surface area contributed by atoms with E-state index in [1.807, 2.05) is 34.9 Å². The zero-order valence-corrected chi connectivity index (χ0v) is 9.18. The number of para-hydroxylation sites is 1. The van der Waals surface area contributed by atoms with Gasteiger partial charge in [0.15, 0.2) is 0 Å². The van der Waals surface area contributed by atoms with Crippen LogP contribution in [0, 0.1) is 0 Å². The predicted molar refractivity (Wildman–Crippen MR) is 64.3 cm³/mol. The molecule has 0 bridgehead atoms. The van der Waals surface area contributed by atoms with Crippen LogP contribution in [0.5, 0.6) is 0 Å². The molecule has 1 aromatic heterocycles. The minimum Gasteiger partial charge on any atom is -0.477 e. The minimum absolute atomic E-state index is 0.346. The lowest BCUT2D eigenvalue weighted by Crippen LogP contribution is -2.11. The molecule has 3 rings (SSSR count). The third kappa shape index (κ3) is 1.58. The largest absolute Gasteiger partial charge is 0.477 e. The van der Waals surface area contributed by atoms with E-state index in [0.29, 0.717) is 18.8 Å². The van der Waals surface area contributed by atoms with E-state index >= 15 is 0 Å². The summed E-state index contributed by atoms with van der Waals surface area (Å²) in [6.45, 7) is 1.26. The molecule has 4 heteroatoms. The van der Waals surface area contributed by atoms with Gasteiger partial charge in [-0.2, -0.15) is 0 Å². The number of aromatic carboxylic acids is 1. The van der Waals surface area contributed by atoms with Crippen molar-refractivity contribution in [2.45, 2.75) is 13.1 Å². The maximum atomic E-state index is 11.1. The van der Waals surface area contributed by atoms with Gasteiger partial charge in [-0.15, -0.1) is 0 Å². The molecule has 0 spiro atoms. The Hall–Kier alpha value is -2.23. The molecule has 0 amide bonds. The number of nitrogens with one attached hydrogen (secondary N) is 1. The Kier molecular flexibility index (Phi) is 2.14. The van der Waals surface area contributed by atoms with Crippen LogP contribution in [0.2, 0.25) is 0 Å². The van der Waals surface area contributed by atoms with Crippen molar-refractivity contribution < 1.29 is 9.90 Å². The number of aromatic nitrogens is 1. The van der Waals surface area contributed by atoms with Crippen molar-refractivity contribution in [1.29, 1.82) is 0 Å². The number of fused-ring (bicyclic) bond motifs is 2. The molecule has 86 valence electrons. The monoisotopic (exact) mass is 228 g/mol. The summed E-state index contributed by atoms with van der Waals surface area (Å²) < 4.78 is 1.85. The zero-order chi connectivity index (χ0) is 11.8. The van der Waals surface area contributed by atoms with Gasteiger partial charge in [0.05, 0.1) is 13.1 Å². The summed E-state index contributed by atoms with van der Waals surface area (Å²) in [7, 11) is 0. The Morgan fingerprint density at radius 2 is 2.06 bits per heavy atom. The molecule has 1 aromatic carbocycles. The SMILES string of the molecule is O=C(O)c1ccc2n1Cc1ccccc1NC2. The molecule has 4 nitrogen and oxygen atoms in total. The van der Waals surface area contributed by atoms with E-state index in [1.165, 1.54) is 0 Å². The lowest BCUT2D eigenvalue weighted by Gasteiger charge is -2.08. The standard InChI is InChI=1S/C13H12N2O2/c16-13(17)12-6-5-10-7-14-11-4-2-1-3-9(11)8-15(10)12/h1-6,14H,7-8H2,(H,16,17). The lowest BCUT2D eigenvalue weighted by molar-refractivity contribution is 0.0685. The van der Waals surface area contributed by atoms with Crippen molar-refractivity contribution in [3.05, 3.63) is 53.3 Å². The lowest BCUT2D eigenvalue weighted by atomic mass is 10.2. The highest BCUT2D eigenvalue weighted by Gasteiger charge is 2.17. The topological polar surface area (TPSA) is 54.3 Å². The first-order valence-corrected chi connectivity index (χ1v) is 5.49. The normalized spacial score (nSPS) is 13.2. The van der Waals surface area contributed by atoms with Gasteiger partial charge in [0.1, 0.15) is 5.69 Å². The minimum atomic E-state index is -0.879. The van der Waals surface area contributed by atoms with Crippen molar-refractivity contribution in [1.82, 2.24) is 4.57 Å². The predicted octanol–water partition coefficient (Wildman–Crippen LogP) is 2.16. The Morgan fingerprint density at radius 1 is 1.24 bits per heavy atom. The average Bonchev–Trinajstić information content (AvgIpc) is 2.63. The summed E-state index contributed by atoms with van der Waals surface area (Å²) in [5.41, 5.74) is 3.54. The number of hydrogen-bond acceptors (Lipinski definition) is 2. The van der Waals surface area contributed by atoms with Crippen LogP contribution in [0.15, 0.2) is 36.4 Å². The molecule has 0 radical (unpaired) electrons. The van der Waals surface area contributed by atoms with Crippen LogP contribution < -0.4 is 5.32 Å².